The Balaban J connectivity index is 1.54. The maximum atomic E-state index is 12.5. The van der Waals surface area contributed by atoms with E-state index in [1.54, 1.807) is 18.2 Å². The molecule has 0 heterocycles. The lowest BCUT2D eigenvalue weighted by molar-refractivity contribution is -0.118. The molecule has 0 aliphatic heterocycles. The van der Waals surface area contributed by atoms with Gasteiger partial charge in [0.05, 0.1) is 15.6 Å². The van der Waals surface area contributed by atoms with Crippen molar-refractivity contribution in [2.45, 2.75) is 43.0 Å². The number of carbonyl (C=O) groups is 1. The lowest BCUT2D eigenvalue weighted by Gasteiger charge is -2.22. The molecule has 2 aromatic rings. The number of hydrogen-bond donors (Lipinski definition) is 2. The Morgan fingerprint density at radius 2 is 1.72 bits per heavy atom. The van der Waals surface area contributed by atoms with Gasteiger partial charge in [-0.25, -0.2) is 13.1 Å². The van der Waals surface area contributed by atoms with Crippen LogP contribution in [-0.4, -0.2) is 27.0 Å². The first kappa shape index (κ1) is 21.9. The van der Waals surface area contributed by atoms with Crippen LogP contribution >= 0.6 is 23.2 Å². The van der Waals surface area contributed by atoms with Crippen molar-refractivity contribution in [1.82, 2.24) is 4.72 Å². The molecule has 9 heteroatoms. The first-order valence-electron chi connectivity index (χ1n) is 9.33. The molecule has 2 aromatic carbocycles. The zero-order valence-electron chi connectivity index (χ0n) is 15.7. The number of hydrogen-bond acceptors (Lipinski definition) is 4. The van der Waals surface area contributed by atoms with Crippen LogP contribution in [0.15, 0.2) is 47.4 Å². The van der Waals surface area contributed by atoms with Crippen LogP contribution in [0, 0.1) is 0 Å². The molecule has 0 unspecified atom stereocenters. The summed E-state index contributed by atoms with van der Waals surface area (Å²) in [5.74, 6) is -0.0289. The fraction of sp³-hybridized carbons (Fsp3) is 0.350. The van der Waals surface area contributed by atoms with Gasteiger partial charge in [0.25, 0.3) is 5.91 Å². The molecule has 29 heavy (non-hydrogen) atoms. The number of amides is 1. The minimum Gasteiger partial charge on any atom is -0.484 e. The smallest absolute Gasteiger partial charge is 0.262 e. The second kappa shape index (κ2) is 9.80. The first-order chi connectivity index (χ1) is 13.8. The van der Waals surface area contributed by atoms with Crippen LogP contribution in [0.25, 0.3) is 0 Å². The van der Waals surface area contributed by atoms with E-state index in [1.165, 1.54) is 24.3 Å². The summed E-state index contributed by atoms with van der Waals surface area (Å²) in [6, 6.07) is 10.7. The third kappa shape index (κ3) is 6.34. The van der Waals surface area contributed by atoms with Crippen molar-refractivity contribution in [3.8, 4) is 5.75 Å². The Hall–Kier alpha value is -1.80. The summed E-state index contributed by atoms with van der Waals surface area (Å²) in [5.41, 5.74) is 0.392. The van der Waals surface area contributed by atoms with Gasteiger partial charge in [0, 0.05) is 11.1 Å². The molecule has 0 atom stereocenters. The van der Waals surface area contributed by atoms with E-state index in [2.05, 4.69) is 10.0 Å². The van der Waals surface area contributed by atoms with E-state index < -0.39 is 15.9 Å². The Bertz CT molecular complexity index is 959. The van der Waals surface area contributed by atoms with Crippen molar-refractivity contribution in [2.75, 3.05) is 11.9 Å². The molecule has 3 rings (SSSR count). The normalized spacial score (nSPS) is 15.1. The maximum Gasteiger partial charge on any atom is 0.262 e. The van der Waals surface area contributed by atoms with Crippen LogP contribution in [0.2, 0.25) is 10.0 Å². The predicted octanol–water partition coefficient (Wildman–Crippen LogP) is 4.62. The molecule has 2 N–H and O–H groups in total. The molecule has 156 valence electrons. The molecule has 0 bridgehead atoms. The number of anilines is 1. The van der Waals surface area contributed by atoms with E-state index in [0.717, 1.165) is 32.1 Å². The summed E-state index contributed by atoms with van der Waals surface area (Å²) in [4.78, 5) is 12.2. The van der Waals surface area contributed by atoms with Gasteiger partial charge in [0.2, 0.25) is 10.0 Å². The van der Waals surface area contributed by atoms with Crippen LogP contribution < -0.4 is 14.8 Å². The highest BCUT2D eigenvalue weighted by atomic mass is 35.5. The molecule has 0 spiro atoms. The van der Waals surface area contributed by atoms with Gasteiger partial charge < -0.3 is 10.1 Å². The van der Waals surface area contributed by atoms with E-state index in [1.807, 2.05) is 0 Å². The fourth-order valence-electron chi connectivity index (χ4n) is 3.15. The molecule has 1 aliphatic rings. The Morgan fingerprint density at radius 1 is 1.03 bits per heavy atom. The maximum absolute atomic E-state index is 12.5. The molecule has 1 saturated carbocycles. The second-order valence-corrected chi connectivity index (χ2v) is 9.45. The van der Waals surface area contributed by atoms with Gasteiger partial charge in [-0.15, -0.1) is 0 Å². The highest BCUT2D eigenvalue weighted by Gasteiger charge is 2.21. The molecule has 1 aliphatic carbocycles. The topological polar surface area (TPSA) is 84.5 Å². The number of halogens is 2. The molecule has 0 radical (unpaired) electrons. The van der Waals surface area contributed by atoms with Crippen molar-refractivity contribution >= 4 is 44.8 Å². The number of nitrogens with one attached hydrogen (secondary N) is 2. The van der Waals surface area contributed by atoms with Crippen molar-refractivity contribution in [3.63, 3.8) is 0 Å². The summed E-state index contributed by atoms with van der Waals surface area (Å²) in [6.45, 7) is -0.255. The van der Waals surface area contributed by atoms with Gasteiger partial charge in [-0.3, -0.25) is 4.79 Å². The zero-order valence-corrected chi connectivity index (χ0v) is 18.0. The Labute approximate surface area is 180 Å². The number of ether oxygens (including phenoxy) is 1. The van der Waals surface area contributed by atoms with E-state index in [-0.39, 0.29) is 17.5 Å². The van der Waals surface area contributed by atoms with Crippen LogP contribution in [-0.2, 0) is 14.8 Å². The fourth-order valence-corrected chi connectivity index (χ4v) is 4.79. The van der Waals surface area contributed by atoms with E-state index in [0.29, 0.717) is 21.5 Å². The van der Waals surface area contributed by atoms with Crippen molar-refractivity contribution in [2.24, 2.45) is 0 Å². The first-order valence-corrected chi connectivity index (χ1v) is 11.6. The summed E-state index contributed by atoms with van der Waals surface area (Å²) >= 11 is 11.9. The molecular formula is C20H22Cl2N2O4S. The predicted molar refractivity (Wildman–Crippen MR) is 114 cm³/mol. The number of carbonyl (C=O) groups excluding carboxylic acids is 1. The average molecular weight is 457 g/mol. The zero-order chi connectivity index (χ0) is 20.9. The summed E-state index contributed by atoms with van der Waals surface area (Å²) in [7, 11) is -3.57. The molecule has 0 aromatic heterocycles. The van der Waals surface area contributed by atoms with E-state index >= 15 is 0 Å². The molecule has 1 amide bonds. The van der Waals surface area contributed by atoms with Crippen LogP contribution in [0.4, 0.5) is 5.69 Å². The summed E-state index contributed by atoms with van der Waals surface area (Å²) in [6.07, 6.45) is 4.98. The summed E-state index contributed by atoms with van der Waals surface area (Å²) in [5, 5.41) is 3.43. The SMILES string of the molecule is O=C(COc1ccc(S(=O)(=O)NC2CCCCC2)cc1)Nc1cc(Cl)ccc1Cl. The lowest BCUT2D eigenvalue weighted by atomic mass is 9.96. The standard InChI is InChI=1S/C20H22Cl2N2O4S/c21-14-6-11-18(22)19(12-14)23-20(25)13-28-16-7-9-17(10-8-16)29(26,27)24-15-4-2-1-3-5-15/h6-12,15,24H,1-5,13H2,(H,23,25). The van der Waals surface area contributed by atoms with E-state index in [4.69, 9.17) is 27.9 Å². The second-order valence-electron chi connectivity index (χ2n) is 6.89. The molecule has 1 fully saturated rings. The van der Waals surface area contributed by atoms with Gasteiger partial charge >= 0.3 is 0 Å². The van der Waals surface area contributed by atoms with Crippen molar-refractivity contribution in [1.29, 1.82) is 0 Å². The lowest BCUT2D eigenvalue weighted by Crippen LogP contribution is -2.36. The van der Waals surface area contributed by atoms with Crippen molar-refractivity contribution < 1.29 is 17.9 Å². The Morgan fingerprint density at radius 3 is 2.41 bits per heavy atom. The van der Waals surface area contributed by atoms with Gasteiger partial charge in [0.15, 0.2) is 6.61 Å². The third-order valence-corrected chi connectivity index (χ3v) is 6.73. The summed E-state index contributed by atoms with van der Waals surface area (Å²) < 4.78 is 33.2. The van der Waals surface area contributed by atoms with Crippen molar-refractivity contribution in [3.05, 3.63) is 52.5 Å². The number of rotatable bonds is 7. The third-order valence-electron chi connectivity index (χ3n) is 4.63. The van der Waals surface area contributed by atoms with Crippen LogP contribution in [0.3, 0.4) is 0 Å². The highest BCUT2D eigenvalue weighted by molar-refractivity contribution is 7.89. The minimum atomic E-state index is -3.57. The minimum absolute atomic E-state index is 0.00770. The monoisotopic (exact) mass is 456 g/mol. The number of sulfonamides is 1. The van der Waals surface area contributed by atoms with Gasteiger partial charge in [-0.1, -0.05) is 42.5 Å². The molecular weight excluding hydrogens is 435 g/mol. The quantitative estimate of drug-likeness (QED) is 0.636. The van der Waals surface area contributed by atoms with Crippen LogP contribution in [0.1, 0.15) is 32.1 Å². The van der Waals surface area contributed by atoms with Gasteiger partial charge in [-0.05, 0) is 55.3 Å². The Kier molecular flexibility index (Phi) is 7.40. The molecule has 6 nitrogen and oxygen atoms in total. The number of benzene rings is 2. The van der Waals surface area contributed by atoms with E-state index in [9.17, 15) is 13.2 Å². The van der Waals surface area contributed by atoms with Gasteiger partial charge in [-0.2, -0.15) is 0 Å². The average Bonchev–Trinajstić information content (AvgIpc) is 2.70. The largest absolute Gasteiger partial charge is 0.484 e. The highest BCUT2D eigenvalue weighted by Crippen LogP contribution is 2.25. The van der Waals surface area contributed by atoms with Gasteiger partial charge in [0.1, 0.15) is 5.75 Å². The molecule has 0 saturated heterocycles. The van der Waals surface area contributed by atoms with Crippen LogP contribution in [0.5, 0.6) is 5.75 Å².